The van der Waals surface area contributed by atoms with Gasteiger partial charge in [-0.3, -0.25) is 9.80 Å². The topological polar surface area (TPSA) is 46.6 Å². The van der Waals surface area contributed by atoms with Crippen LogP contribution in [0.1, 0.15) is 13.3 Å². The Kier molecular flexibility index (Phi) is 5.38. The summed E-state index contributed by atoms with van der Waals surface area (Å²) in [5.74, 6) is 1.77. The van der Waals surface area contributed by atoms with Crippen LogP contribution in [0.25, 0.3) is 10.8 Å². The number of morpholine rings is 2. The number of hydrogen-bond donors (Lipinski definition) is 0. The Morgan fingerprint density at radius 1 is 0.938 bits per heavy atom. The summed E-state index contributed by atoms with van der Waals surface area (Å²) in [4.78, 5) is 7.37. The van der Waals surface area contributed by atoms with E-state index in [-0.39, 0.29) is 6.10 Å². The van der Waals surface area contributed by atoms with E-state index in [2.05, 4.69) is 52.0 Å². The van der Waals surface area contributed by atoms with E-state index in [4.69, 9.17) is 18.9 Å². The SMILES string of the molecule is CCN1CCC2(N3CCOCC3)Oc3cc(N4CCOCC4)c4ccccc4c3OC2C1. The zero-order valence-electron chi connectivity index (χ0n) is 18.9. The van der Waals surface area contributed by atoms with Crippen molar-refractivity contribution >= 4 is 16.5 Å². The summed E-state index contributed by atoms with van der Waals surface area (Å²) in [5.41, 5.74) is 0.778. The smallest absolute Gasteiger partial charge is 0.203 e. The van der Waals surface area contributed by atoms with Crippen LogP contribution in [0.5, 0.6) is 11.5 Å². The van der Waals surface area contributed by atoms with Crippen molar-refractivity contribution in [3.05, 3.63) is 30.3 Å². The van der Waals surface area contributed by atoms with Crippen LogP contribution in [0, 0.1) is 0 Å². The Hall–Kier alpha value is -2.06. The third-order valence-corrected chi connectivity index (χ3v) is 7.54. The molecule has 0 bridgehead atoms. The van der Waals surface area contributed by atoms with Crippen molar-refractivity contribution in [1.29, 1.82) is 0 Å². The highest BCUT2D eigenvalue weighted by Gasteiger charge is 2.54. The highest BCUT2D eigenvalue weighted by Crippen LogP contribution is 2.49. The molecule has 0 amide bonds. The zero-order chi connectivity index (χ0) is 21.5. The molecule has 32 heavy (non-hydrogen) atoms. The van der Waals surface area contributed by atoms with Gasteiger partial charge in [0, 0.05) is 68.2 Å². The summed E-state index contributed by atoms with van der Waals surface area (Å²) in [6.45, 7) is 11.7. The summed E-state index contributed by atoms with van der Waals surface area (Å²) in [6.07, 6.45) is 0.907. The molecule has 7 nitrogen and oxygen atoms in total. The highest BCUT2D eigenvalue weighted by molar-refractivity contribution is 6.00. The van der Waals surface area contributed by atoms with Crippen molar-refractivity contribution in [3.8, 4) is 11.5 Å². The molecule has 0 spiro atoms. The quantitative estimate of drug-likeness (QED) is 0.729. The number of benzene rings is 2. The van der Waals surface area contributed by atoms with E-state index in [1.165, 1.54) is 11.1 Å². The first-order valence-corrected chi connectivity index (χ1v) is 12.1. The van der Waals surface area contributed by atoms with Gasteiger partial charge in [0.25, 0.3) is 0 Å². The van der Waals surface area contributed by atoms with Crippen LogP contribution in [0.15, 0.2) is 30.3 Å². The number of likely N-dealkylation sites (tertiary alicyclic amines) is 1. The van der Waals surface area contributed by atoms with Crippen LogP contribution in [0.3, 0.4) is 0 Å². The highest BCUT2D eigenvalue weighted by atomic mass is 16.6. The third-order valence-electron chi connectivity index (χ3n) is 7.54. The van der Waals surface area contributed by atoms with Crippen molar-refractivity contribution in [3.63, 3.8) is 0 Å². The van der Waals surface area contributed by atoms with Gasteiger partial charge in [0.15, 0.2) is 17.6 Å². The lowest BCUT2D eigenvalue weighted by Crippen LogP contribution is -2.71. The van der Waals surface area contributed by atoms with Gasteiger partial charge in [0.05, 0.1) is 26.4 Å². The van der Waals surface area contributed by atoms with Crippen molar-refractivity contribution in [1.82, 2.24) is 9.80 Å². The number of nitrogens with zero attached hydrogens (tertiary/aromatic N) is 3. The van der Waals surface area contributed by atoms with Crippen molar-refractivity contribution < 1.29 is 18.9 Å². The molecular weight excluding hydrogens is 406 g/mol. The molecule has 2 unspecified atom stereocenters. The third kappa shape index (κ3) is 3.34. The van der Waals surface area contributed by atoms with Crippen LogP contribution in [-0.4, -0.2) is 93.9 Å². The Morgan fingerprint density at radius 3 is 2.41 bits per heavy atom. The Labute approximate surface area is 189 Å². The molecule has 172 valence electrons. The van der Waals surface area contributed by atoms with Gasteiger partial charge in [-0.2, -0.15) is 0 Å². The minimum atomic E-state index is -0.437. The van der Waals surface area contributed by atoms with Gasteiger partial charge in [-0.15, -0.1) is 0 Å². The molecule has 0 saturated carbocycles. The maximum Gasteiger partial charge on any atom is 0.203 e. The molecule has 4 aliphatic rings. The average Bonchev–Trinajstić information content (AvgIpc) is 2.87. The molecule has 2 aromatic carbocycles. The van der Waals surface area contributed by atoms with Gasteiger partial charge in [-0.05, 0) is 6.54 Å². The summed E-state index contributed by atoms with van der Waals surface area (Å²) in [6, 6.07) is 10.8. The van der Waals surface area contributed by atoms with Crippen molar-refractivity contribution in [2.24, 2.45) is 0 Å². The Morgan fingerprint density at radius 2 is 1.66 bits per heavy atom. The summed E-state index contributed by atoms with van der Waals surface area (Å²) >= 11 is 0. The van der Waals surface area contributed by atoms with E-state index in [1.54, 1.807) is 0 Å². The van der Waals surface area contributed by atoms with Crippen LogP contribution < -0.4 is 14.4 Å². The second-order valence-corrected chi connectivity index (χ2v) is 9.16. The maximum absolute atomic E-state index is 7.06. The molecule has 4 heterocycles. The number of piperidine rings is 1. The number of ether oxygens (including phenoxy) is 4. The fourth-order valence-corrected chi connectivity index (χ4v) is 5.75. The number of rotatable bonds is 3. The van der Waals surface area contributed by atoms with Gasteiger partial charge in [-0.25, -0.2) is 0 Å². The second-order valence-electron chi connectivity index (χ2n) is 9.16. The predicted molar refractivity (Wildman–Crippen MR) is 124 cm³/mol. The largest absolute Gasteiger partial charge is 0.479 e. The van der Waals surface area contributed by atoms with Crippen LogP contribution >= 0.6 is 0 Å². The minimum Gasteiger partial charge on any atom is -0.479 e. The fourth-order valence-electron chi connectivity index (χ4n) is 5.75. The monoisotopic (exact) mass is 439 g/mol. The van der Waals surface area contributed by atoms with Gasteiger partial charge in [0.2, 0.25) is 5.72 Å². The molecular formula is C25H33N3O4. The zero-order valence-corrected chi connectivity index (χ0v) is 18.9. The van der Waals surface area contributed by atoms with Gasteiger partial charge in [0.1, 0.15) is 0 Å². The first-order valence-electron chi connectivity index (χ1n) is 12.1. The summed E-state index contributed by atoms with van der Waals surface area (Å²) in [7, 11) is 0. The molecule has 6 rings (SSSR count). The van der Waals surface area contributed by atoms with Gasteiger partial charge >= 0.3 is 0 Å². The van der Waals surface area contributed by atoms with Crippen LogP contribution in [0.4, 0.5) is 5.69 Å². The molecule has 0 aromatic heterocycles. The molecule has 0 N–H and O–H groups in total. The first kappa shape index (κ1) is 20.5. The number of hydrogen-bond acceptors (Lipinski definition) is 7. The molecule has 3 fully saturated rings. The molecule has 0 aliphatic carbocycles. The molecule has 2 atom stereocenters. The van der Waals surface area contributed by atoms with Gasteiger partial charge in [-0.1, -0.05) is 31.2 Å². The lowest BCUT2D eigenvalue weighted by atomic mass is 9.92. The van der Waals surface area contributed by atoms with Crippen molar-refractivity contribution in [2.75, 3.05) is 77.1 Å². The Bertz CT molecular complexity index is 973. The number of fused-ring (bicyclic) bond motifs is 4. The summed E-state index contributed by atoms with van der Waals surface area (Å²) in [5, 5.41) is 2.36. The van der Waals surface area contributed by atoms with E-state index in [0.717, 1.165) is 95.5 Å². The number of anilines is 1. The number of likely N-dealkylation sites (N-methyl/N-ethyl adjacent to an activating group) is 1. The second kappa shape index (κ2) is 8.37. The lowest BCUT2D eigenvalue weighted by Gasteiger charge is -2.55. The molecule has 4 aliphatic heterocycles. The molecule has 0 radical (unpaired) electrons. The summed E-state index contributed by atoms with van der Waals surface area (Å²) < 4.78 is 25.2. The lowest BCUT2D eigenvalue weighted by molar-refractivity contribution is -0.211. The van der Waals surface area contributed by atoms with E-state index >= 15 is 0 Å². The maximum atomic E-state index is 7.06. The first-order chi connectivity index (χ1) is 15.8. The van der Waals surface area contributed by atoms with E-state index in [1.807, 2.05) is 0 Å². The van der Waals surface area contributed by atoms with E-state index < -0.39 is 5.72 Å². The van der Waals surface area contributed by atoms with Crippen LogP contribution in [-0.2, 0) is 9.47 Å². The molecule has 3 saturated heterocycles. The molecule has 7 heteroatoms. The average molecular weight is 440 g/mol. The van der Waals surface area contributed by atoms with E-state index in [9.17, 15) is 0 Å². The molecule has 2 aromatic rings. The fraction of sp³-hybridized carbons (Fsp3) is 0.600. The van der Waals surface area contributed by atoms with Crippen LogP contribution in [0.2, 0.25) is 0 Å². The minimum absolute atomic E-state index is 0.0283. The normalized spacial score (nSPS) is 29.2. The van der Waals surface area contributed by atoms with Gasteiger partial charge < -0.3 is 23.8 Å². The standard InChI is InChI=1S/C25H33N3O4/c1-2-26-8-7-25(28-11-15-30-16-12-28)23(18-26)31-24-20-6-4-3-5-19(20)21(17-22(24)32-25)27-9-13-29-14-10-27/h3-6,17,23H,2,7-16,18H2,1H3. The van der Waals surface area contributed by atoms with E-state index in [0.29, 0.717) is 0 Å². The Balaban J connectivity index is 1.46. The van der Waals surface area contributed by atoms with Crippen molar-refractivity contribution in [2.45, 2.75) is 25.2 Å². The predicted octanol–water partition coefficient (Wildman–Crippen LogP) is 2.57.